The number of halogens is 2. The van der Waals surface area contributed by atoms with Gasteiger partial charge in [-0.05, 0) is 53.5 Å². The normalized spacial score (nSPS) is 19.2. The number of sulfonamides is 1. The Kier molecular flexibility index (Phi) is 6.74. The minimum Gasteiger partial charge on any atom is -0.497 e. The first-order chi connectivity index (χ1) is 9.03. The molecule has 1 saturated heterocycles. The third-order valence-electron chi connectivity index (χ3n) is 3.05. The fraction of sp³-hybridized carbons (Fsp3) is 0.500. The predicted molar refractivity (Wildman–Crippen MR) is 84.2 cm³/mol. The summed E-state index contributed by atoms with van der Waals surface area (Å²) >= 11 is 3.27. The minimum absolute atomic E-state index is 0. The number of methoxy groups -OCH3 is 1. The quantitative estimate of drug-likeness (QED) is 0.831. The number of rotatable bonds is 4. The molecule has 1 aromatic carbocycles. The smallest absolute Gasteiger partial charge is 0.241 e. The summed E-state index contributed by atoms with van der Waals surface area (Å²) in [5.74, 6) is 0.616. The lowest BCUT2D eigenvalue weighted by atomic mass is 10.1. The maximum atomic E-state index is 12.3. The summed E-state index contributed by atoms with van der Waals surface area (Å²) in [4.78, 5) is 0.235. The largest absolute Gasteiger partial charge is 0.497 e. The number of hydrogen-bond donors (Lipinski definition) is 2. The van der Waals surface area contributed by atoms with Crippen molar-refractivity contribution in [1.29, 1.82) is 0 Å². The third-order valence-corrected chi connectivity index (χ3v) is 5.54. The molecule has 0 amide bonds. The lowest BCUT2D eigenvalue weighted by molar-refractivity contribution is 0.414. The summed E-state index contributed by atoms with van der Waals surface area (Å²) in [5, 5.41) is 3.18. The number of nitrogens with one attached hydrogen (secondary N) is 2. The molecule has 1 atom stereocenters. The van der Waals surface area contributed by atoms with Crippen LogP contribution >= 0.6 is 28.3 Å². The molecule has 0 aliphatic carbocycles. The van der Waals surface area contributed by atoms with E-state index in [4.69, 9.17) is 4.74 Å². The first-order valence-corrected chi connectivity index (χ1v) is 8.37. The van der Waals surface area contributed by atoms with E-state index in [0.29, 0.717) is 16.8 Å². The molecule has 1 aliphatic rings. The Labute approximate surface area is 134 Å². The molecule has 0 radical (unpaired) electrons. The van der Waals surface area contributed by atoms with E-state index in [2.05, 4.69) is 26.0 Å². The molecule has 20 heavy (non-hydrogen) atoms. The Hall–Kier alpha value is -0.340. The van der Waals surface area contributed by atoms with Gasteiger partial charge < -0.3 is 10.1 Å². The Morgan fingerprint density at radius 1 is 1.45 bits per heavy atom. The van der Waals surface area contributed by atoms with Crippen molar-refractivity contribution in [2.75, 3.05) is 20.2 Å². The first kappa shape index (κ1) is 17.7. The molecule has 1 aromatic rings. The van der Waals surface area contributed by atoms with E-state index >= 15 is 0 Å². The van der Waals surface area contributed by atoms with E-state index in [-0.39, 0.29) is 23.3 Å². The molecule has 0 spiro atoms. The van der Waals surface area contributed by atoms with Crippen LogP contribution in [0.3, 0.4) is 0 Å². The van der Waals surface area contributed by atoms with Gasteiger partial charge in [0.25, 0.3) is 0 Å². The lowest BCUT2D eigenvalue weighted by Crippen LogP contribution is -2.45. The predicted octanol–water partition coefficient (Wildman–Crippen LogP) is 1.91. The van der Waals surface area contributed by atoms with Gasteiger partial charge in [0.05, 0.1) is 12.0 Å². The van der Waals surface area contributed by atoms with Crippen molar-refractivity contribution in [2.24, 2.45) is 0 Å². The van der Waals surface area contributed by atoms with E-state index in [0.717, 1.165) is 19.4 Å². The van der Waals surface area contributed by atoms with Crippen LogP contribution in [0.5, 0.6) is 5.75 Å². The molecule has 1 aliphatic heterocycles. The van der Waals surface area contributed by atoms with Crippen molar-refractivity contribution >= 4 is 38.4 Å². The van der Waals surface area contributed by atoms with Crippen molar-refractivity contribution in [2.45, 2.75) is 23.8 Å². The van der Waals surface area contributed by atoms with Gasteiger partial charge in [-0.3, -0.25) is 0 Å². The van der Waals surface area contributed by atoms with Crippen LogP contribution in [0.15, 0.2) is 27.6 Å². The van der Waals surface area contributed by atoms with Gasteiger partial charge in [0.2, 0.25) is 10.0 Å². The molecule has 114 valence electrons. The molecule has 0 aromatic heterocycles. The molecule has 2 rings (SSSR count). The SMILES string of the molecule is COc1ccc(S(=O)(=O)NC2CCCNC2)c(Br)c1.Cl. The van der Waals surface area contributed by atoms with Gasteiger partial charge in [-0.2, -0.15) is 0 Å². The molecule has 2 N–H and O–H groups in total. The summed E-state index contributed by atoms with van der Waals surface area (Å²) in [5.41, 5.74) is 0. The Balaban J connectivity index is 0.00000200. The highest BCUT2D eigenvalue weighted by Gasteiger charge is 2.23. The van der Waals surface area contributed by atoms with E-state index in [9.17, 15) is 8.42 Å². The second-order valence-electron chi connectivity index (χ2n) is 4.46. The van der Waals surface area contributed by atoms with E-state index in [1.54, 1.807) is 25.3 Å². The van der Waals surface area contributed by atoms with Crippen molar-refractivity contribution in [3.63, 3.8) is 0 Å². The average molecular weight is 386 g/mol. The zero-order valence-electron chi connectivity index (χ0n) is 11.1. The van der Waals surface area contributed by atoms with Crippen LogP contribution in [0.4, 0.5) is 0 Å². The second-order valence-corrected chi connectivity index (χ2v) is 7.00. The van der Waals surface area contributed by atoms with Gasteiger partial charge >= 0.3 is 0 Å². The Bertz CT molecular complexity index is 548. The van der Waals surface area contributed by atoms with Crippen molar-refractivity contribution < 1.29 is 13.2 Å². The Morgan fingerprint density at radius 2 is 2.20 bits per heavy atom. The maximum Gasteiger partial charge on any atom is 0.241 e. The van der Waals surface area contributed by atoms with Gasteiger partial charge in [-0.15, -0.1) is 12.4 Å². The molecule has 0 bridgehead atoms. The Morgan fingerprint density at radius 3 is 2.75 bits per heavy atom. The molecule has 1 unspecified atom stereocenters. The monoisotopic (exact) mass is 384 g/mol. The van der Waals surface area contributed by atoms with Crippen LogP contribution < -0.4 is 14.8 Å². The number of piperidine rings is 1. The van der Waals surface area contributed by atoms with Crippen LogP contribution in [0.1, 0.15) is 12.8 Å². The lowest BCUT2D eigenvalue weighted by Gasteiger charge is -2.23. The van der Waals surface area contributed by atoms with Crippen LogP contribution in [0.25, 0.3) is 0 Å². The van der Waals surface area contributed by atoms with E-state index in [1.165, 1.54) is 0 Å². The summed E-state index contributed by atoms with van der Waals surface area (Å²) in [7, 11) is -1.96. The minimum atomic E-state index is -3.51. The summed E-state index contributed by atoms with van der Waals surface area (Å²) in [6.45, 7) is 1.62. The summed E-state index contributed by atoms with van der Waals surface area (Å²) in [6.07, 6.45) is 1.84. The third kappa shape index (κ3) is 4.33. The zero-order chi connectivity index (χ0) is 13.9. The van der Waals surface area contributed by atoms with Gasteiger partial charge in [-0.25, -0.2) is 13.1 Å². The van der Waals surface area contributed by atoms with Crippen LogP contribution in [-0.2, 0) is 10.0 Å². The molecule has 1 fully saturated rings. The standard InChI is InChI=1S/C12H17BrN2O3S.ClH/c1-18-10-4-5-12(11(13)7-10)19(16,17)15-9-3-2-6-14-8-9;/h4-5,7,9,14-15H,2-3,6,8H2,1H3;1H. The molecular weight excluding hydrogens is 368 g/mol. The van der Waals surface area contributed by atoms with Crippen LogP contribution in [0.2, 0.25) is 0 Å². The highest BCUT2D eigenvalue weighted by Crippen LogP contribution is 2.26. The van der Waals surface area contributed by atoms with Gasteiger partial charge in [-0.1, -0.05) is 0 Å². The molecule has 8 heteroatoms. The van der Waals surface area contributed by atoms with Crippen LogP contribution in [-0.4, -0.2) is 34.7 Å². The van der Waals surface area contributed by atoms with Crippen molar-refractivity contribution in [3.8, 4) is 5.75 Å². The summed E-state index contributed by atoms with van der Waals surface area (Å²) < 4.78 is 32.9. The van der Waals surface area contributed by atoms with Crippen molar-refractivity contribution in [3.05, 3.63) is 22.7 Å². The summed E-state index contributed by atoms with van der Waals surface area (Å²) in [6, 6.07) is 4.78. The highest BCUT2D eigenvalue weighted by molar-refractivity contribution is 9.10. The maximum absolute atomic E-state index is 12.3. The first-order valence-electron chi connectivity index (χ1n) is 6.09. The van der Waals surface area contributed by atoms with Crippen molar-refractivity contribution in [1.82, 2.24) is 10.0 Å². The number of ether oxygens (including phenoxy) is 1. The highest BCUT2D eigenvalue weighted by atomic mass is 79.9. The topological polar surface area (TPSA) is 67.4 Å². The van der Waals surface area contributed by atoms with Gasteiger partial charge in [0.15, 0.2) is 0 Å². The molecule has 5 nitrogen and oxygen atoms in total. The fourth-order valence-corrected chi connectivity index (χ4v) is 4.39. The number of hydrogen-bond acceptors (Lipinski definition) is 4. The molecule has 0 saturated carbocycles. The van der Waals surface area contributed by atoms with E-state index < -0.39 is 10.0 Å². The van der Waals surface area contributed by atoms with Gasteiger partial charge in [0, 0.05) is 17.1 Å². The second kappa shape index (κ2) is 7.61. The average Bonchev–Trinajstić information content (AvgIpc) is 2.38. The van der Waals surface area contributed by atoms with Crippen LogP contribution in [0, 0.1) is 0 Å². The zero-order valence-corrected chi connectivity index (χ0v) is 14.3. The molecule has 1 heterocycles. The fourth-order valence-electron chi connectivity index (χ4n) is 2.06. The number of benzene rings is 1. The van der Waals surface area contributed by atoms with E-state index in [1.807, 2.05) is 0 Å². The molecular formula is C12H18BrClN2O3S. The van der Waals surface area contributed by atoms with Gasteiger partial charge in [0.1, 0.15) is 5.75 Å².